The van der Waals surface area contributed by atoms with Crippen LogP contribution in [0.3, 0.4) is 0 Å². The molecule has 0 radical (unpaired) electrons. The van der Waals surface area contributed by atoms with Crippen molar-refractivity contribution in [3.05, 3.63) is 65.5 Å². The number of nitrogens with zero attached hydrogens (tertiary/aromatic N) is 2. The molecule has 0 heterocycles. The lowest BCUT2D eigenvalue weighted by molar-refractivity contribution is -0.139. The van der Waals surface area contributed by atoms with Crippen LogP contribution in [0.25, 0.3) is 0 Å². The Balaban J connectivity index is 1.39. The quantitative estimate of drug-likeness (QED) is 0.403. The van der Waals surface area contributed by atoms with Crippen molar-refractivity contribution in [2.24, 2.45) is 17.8 Å². The number of nitrogens with one attached hydrogen (secondary N) is 1. The molecule has 2 aromatic rings. The smallest absolute Gasteiger partial charge is 0.244 e. The fourth-order valence-corrected chi connectivity index (χ4v) is 8.70. The molecule has 4 aliphatic carbocycles. The molecule has 0 unspecified atom stereocenters. The number of amides is 2. The standard InChI is InChI=1S/C32H42FN3O4S/c1-4-13-34-31(38)22(2)35(20-26-7-5-6-8-29(26)33)30(37)21-36(41(3,39)40)28-11-9-27(10-12-28)32-17-23-14-24(18-32)16-25(15-23)19-32/h5-12,22-25H,4,13-21H2,1-3H3,(H,34,38)/t22-,23?,24?,25?,32?/m0/s1. The Morgan fingerprint density at radius 1 is 1.00 bits per heavy atom. The first kappa shape index (κ1) is 29.5. The zero-order chi connectivity index (χ0) is 29.4. The van der Waals surface area contributed by atoms with Crippen molar-refractivity contribution in [3.63, 3.8) is 0 Å². The van der Waals surface area contributed by atoms with Crippen LogP contribution in [0.5, 0.6) is 0 Å². The van der Waals surface area contributed by atoms with E-state index < -0.39 is 34.3 Å². The van der Waals surface area contributed by atoms with Crippen LogP contribution in [0.1, 0.15) is 69.9 Å². The number of hydrogen-bond acceptors (Lipinski definition) is 4. The number of hydrogen-bond donors (Lipinski definition) is 1. The second-order valence-electron chi connectivity index (χ2n) is 12.6. The molecule has 2 aromatic carbocycles. The van der Waals surface area contributed by atoms with Gasteiger partial charge in [-0.25, -0.2) is 12.8 Å². The van der Waals surface area contributed by atoms with Crippen LogP contribution in [0.2, 0.25) is 0 Å². The van der Waals surface area contributed by atoms with E-state index in [4.69, 9.17) is 0 Å². The third-order valence-corrected chi connectivity index (χ3v) is 10.6. The highest BCUT2D eigenvalue weighted by Gasteiger charge is 2.51. The van der Waals surface area contributed by atoms with Gasteiger partial charge in [0.15, 0.2) is 0 Å². The third-order valence-electron chi connectivity index (χ3n) is 9.50. The molecule has 4 saturated carbocycles. The van der Waals surface area contributed by atoms with Gasteiger partial charge in [0, 0.05) is 18.7 Å². The number of halogens is 1. The molecule has 0 spiro atoms. The molecule has 2 amide bonds. The van der Waals surface area contributed by atoms with Gasteiger partial charge in [-0.15, -0.1) is 0 Å². The molecule has 4 aliphatic rings. The van der Waals surface area contributed by atoms with Gasteiger partial charge < -0.3 is 10.2 Å². The van der Waals surface area contributed by atoms with Gasteiger partial charge in [-0.2, -0.15) is 0 Å². The number of benzene rings is 2. The number of carbonyl (C=O) groups is 2. The van der Waals surface area contributed by atoms with Crippen molar-refractivity contribution >= 4 is 27.5 Å². The predicted octanol–water partition coefficient (Wildman–Crippen LogP) is 5.00. The van der Waals surface area contributed by atoms with E-state index >= 15 is 0 Å². The van der Waals surface area contributed by atoms with Gasteiger partial charge in [0.25, 0.3) is 0 Å². The summed E-state index contributed by atoms with van der Waals surface area (Å²) in [6.07, 6.45) is 9.45. The summed E-state index contributed by atoms with van der Waals surface area (Å²) in [5, 5.41) is 2.79. The van der Waals surface area contributed by atoms with Crippen LogP contribution in [0.15, 0.2) is 48.5 Å². The Labute approximate surface area is 243 Å². The Morgan fingerprint density at radius 2 is 1.59 bits per heavy atom. The van der Waals surface area contributed by atoms with Crippen LogP contribution in [0, 0.1) is 23.6 Å². The van der Waals surface area contributed by atoms with E-state index in [0.717, 1.165) is 34.7 Å². The van der Waals surface area contributed by atoms with Gasteiger partial charge in [-0.3, -0.25) is 13.9 Å². The largest absolute Gasteiger partial charge is 0.354 e. The molecular formula is C32H42FN3O4S. The second kappa shape index (κ2) is 11.7. The maximum atomic E-state index is 14.6. The first-order chi connectivity index (χ1) is 19.5. The molecule has 6 rings (SSSR count). The van der Waals surface area contributed by atoms with E-state index in [-0.39, 0.29) is 23.4 Å². The number of anilines is 1. The topological polar surface area (TPSA) is 86.8 Å². The lowest BCUT2D eigenvalue weighted by atomic mass is 9.48. The second-order valence-corrected chi connectivity index (χ2v) is 14.5. The fraction of sp³-hybridized carbons (Fsp3) is 0.562. The molecule has 1 atom stereocenters. The van der Waals surface area contributed by atoms with Crippen LogP contribution >= 0.6 is 0 Å². The highest BCUT2D eigenvalue weighted by atomic mass is 32.2. The summed E-state index contributed by atoms with van der Waals surface area (Å²) in [5.74, 6) is 0.936. The summed E-state index contributed by atoms with van der Waals surface area (Å²) in [6.45, 7) is 3.29. The molecule has 0 aromatic heterocycles. The van der Waals surface area contributed by atoms with Crippen molar-refractivity contribution in [1.29, 1.82) is 0 Å². The van der Waals surface area contributed by atoms with Crippen molar-refractivity contribution in [2.45, 2.75) is 76.8 Å². The third kappa shape index (κ3) is 6.30. The zero-order valence-corrected chi connectivity index (χ0v) is 25.1. The first-order valence-electron chi connectivity index (χ1n) is 14.9. The summed E-state index contributed by atoms with van der Waals surface area (Å²) >= 11 is 0. The molecule has 9 heteroatoms. The van der Waals surface area contributed by atoms with E-state index in [1.165, 1.54) is 55.1 Å². The minimum absolute atomic E-state index is 0.158. The monoisotopic (exact) mass is 583 g/mol. The Kier molecular flexibility index (Phi) is 8.46. The van der Waals surface area contributed by atoms with Gasteiger partial charge in [-0.05, 0) is 98.8 Å². The highest BCUT2D eigenvalue weighted by molar-refractivity contribution is 7.92. The molecule has 0 aliphatic heterocycles. The number of sulfonamides is 1. The molecule has 4 bridgehead atoms. The maximum absolute atomic E-state index is 14.6. The van der Waals surface area contributed by atoms with Crippen LogP contribution in [-0.2, 0) is 31.6 Å². The Bertz CT molecular complexity index is 1340. The van der Waals surface area contributed by atoms with Crippen molar-refractivity contribution in [2.75, 3.05) is 23.7 Å². The van der Waals surface area contributed by atoms with Crippen molar-refractivity contribution in [1.82, 2.24) is 10.2 Å². The number of rotatable bonds is 11. The molecule has 0 saturated heterocycles. The first-order valence-corrected chi connectivity index (χ1v) is 16.7. The maximum Gasteiger partial charge on any atom is 0.244 e. The number of carbonyl (C=O) groups excluding carboxylic acids is 2. The molecule has 4 fully saturated rings. The summed E-state index contributed by atoms with van der Waals surface area (Å²) in [4.78, 5) is 27.8. The van der Waals surface area contributed by atoms with Crippen LogP contribution < -0.4 is 9.62 Å². The van der Waals surface area contributed by atoms with E-state index in [1.54, 1.807) is 37.3 Å². The van der Waals surface area contributed by atoms with Crippen molar-refractivity contribution in [3.8, 4) is 0 Å². The highest BCUT2D eigenvalue weighted by Crippen LogP contribution is 2.60. The van der Waals surface area contributed by atoms with Gasteiger partial charge >= 0.3 is 0 Å². The van der Waals surface area contributed by atoms with Gasteiger partial charge in [0.1, 0.15) is 18.4 Å². The molecule has 222 valence electrons. The predicted molar refractivity (Wildman–Crippen MR) is 158 cm³/mol. The zero-order valence-electron chi connectivity index (χ0n) is 24.3. The van der Waals surface area contributed by atoms with E-state index in [0.29, 0.717) is 12.2 Å². The molecular weight excluding hydrogens is 541 g/mol. The van der Waals surface area contributed by atoms with Crippen LogP contribution in [0.4, 0.5) is 10.1 Å². The minimum atomic E-state index is -3.83. The van der Waals surface area contributed by atoms with E-state index in [1.807, 2.05) is 19.1 Å². The molecule has 7 nitrogen and oxygen atoms in total. The lowest BCUT2D eigenvalue weighted by Crippen LogP contribution is -2.51. The van der Waals surface area contributed by atoms with Gasteiger partial charge in [-0.1, -0.05) is 37.3 Å². The fourth-order valence-electron chi connectivity index (χ4n) is 7.85. The van der Waals surface area contributed by atoms with E-state index in [2.05, 4.69) is 5.32 Å². The normalized spacial score (nSPS) is 25.5. The summed E-state index contributed by atoms with van der Waals surface area (Å²) in [6, 6.07) is 12.9. The summed E-state index contributed by atoms with van der Waals surface area (Å²) < 4.78 is 41.6. The van der Waals surface area contributed by atoms with Gasteiger partial charge in [0.2, 0.25) is 21.8 Å². The summed E-state index contributed by atoms with van der Waals surface area (Å²) in [5.41, 5.74) is 2.10. The average Bonchev–Trinajstić information content (AvgIpc) is 2.92. The minimum Gasteiger partial charge on any atom is -0.354 e. The Hall–Kier alpha value is -2.94. The van der Waals surface area contributed by atoms with E-state index in [9.17, 15) is 22.4 Å². The lowest BCUT2D eigenvalue weighted by Gasteiger charge is -2.57. The molecule has 41 heavy (non-hydrogen) atoms. The summed E-state index contributed by atoms with van der Waals surface area (Å²) in [7, 11) is -3.83. The van der Waals surface area contributed by atoms with Crippen molar-refractivity contribution < 1.29 is 22.4 Å². The SMILES string of the molecule is CCCNC(=O)[C@H](C)N(Cc1ccccc1F)C(=O)CN(c1ccc(C23CC4CC(CC(C4)C2)C3)cc1)S(C)(=O)=O. The molecule has 1 N–H and O–H groups in total. The van der Waals surface area contributed by atoms with Gasteiger partial charge in [0.05, 0.1) is 11.9 Å². The Morgan fingerprint density at radius 3 is 2.12 bits per heavy atom. The van der Waals surface area contributed by atoms with Crippen LogP contribution in [-0.4, -0.2) is 50.5 Å². The average molecular weight is 584 g/mol.